The van der Waals surface area contributed by atoms with Crippen molar-refractivity contribution >= 4 is 27.3 Å². The van der Waals surface area contributed by atoms with Crippen molar-refractivity contribution in [1.82, 2.24) is 0 Å². The Morgan fingerprint density at radius 2 is 1.82 bits per heavy atom. The molecule has 0 atom stereocenters. The molecule has 2 fully saturated rings. The summed E-state index contributed by atoms with van der Waals surface area (Å²) in [4.78, 5) is 0. The van der Waals surface area contributed by atoms with Gasteiger partial charge in [-0.3, -0.25) is 0 Å². The first-order valence-corrected chi connectivity index (χ1v) is 7.26. The second-order valence-corrected chi connectivity index (χ2v) is 6.39. The summed E-state index contributed by atoms with van der Waals surface area (Å²) in [6.07, 6.45) is 5.61. The van der Waals surface area contributed by atoms with Crippen LogP contribution in [0.1, 0.15) is 31.2 Å². The molecule has 2 saturated carbocycles. The monoisotopic (exact) mass is 294 g/mol. The quantitative estimate of drug-likeness (QED) is 0.826. The molecule has 2 aliphatic rings. The summed E-state index contributed by atoms with van der Waals surface area (Å²) in [6, 6.07) is 4.86. The maximum absolute atomic E-state index is 5.91. The van der Waals surface area contributed by atoms with Gasteiger partial charge in [0.1, 0.15) is 0 Å². The number of halogens is 1. The highest BCUT2D eigenvalue weighted by Gasteiger charge is 2.41. The normalized spacial score (nSPS) is 19.7. The topological polar surface area (TPSA) is 38.0 Å². The van der Waals surface area contributed by atoms with Crippen LogP contribution in [-0.4, -0.2) is 6.04 Å². The van der Waals surface area contributed by atoms with Gasteiger partial charge in [0.25, 0.3) is 0 Å². The second kappa shape index (κ2) is 4.20. The van der Waals surface area contributed by atoms with E-state index in [1.165, 1.54) is 31.4 Å². The highest BCUT2D eigenvalue weighted by Crippen LogP contribution is 2.46. The predicted molar refractivity (Wildman–Crippen MR) is 76.2 cm³/mol. The Bertz CT molecular complexity index is 424. The van der Waals surface area contributed by atoms with Crippen LogP contribution in [0, 0.1) is 18.8 Å². The number of aryl methyl sites for hydroxylation is 1. The van der Waals surface area contributed by atoms with Gasteiger partial charge >= 0.3 is 0 Å². The van der Waals surface area contributed by atoms with Crippen LogP contribution in [0.15, 0.2) is 16.6 Å². The van der Waals surface area contributed by atoms with Crippen molar-refractivity contribution in [2.75, 3.05) is 11.1 Å². The number of nitrogens with two attached hydrogens (primary N) is 1. The standard InChI is InChI=1S/C14H19BrN2/c1-8-6-13(11(15)7-12(8)16)17-14(9-2-3-9)10-4-5-10/h6-7,9-10,14,17H,2-5,16H2,1H3. The molecule has 17 heavy (non-hydrogen) atoms. The van der Waals surface area contributed by atoms with Crippen molar-refractivity contribution in [2.45, 2.75) is 38.6 Å². The van der Waals surface area contributed by atoms with Gasteiger partial charge in [-0.2, -0.15) is 0 Å². The molecule has 0 saturated heterocycles. The van der Waals surface area contributed by atoms with E-state index in [-0.39, 0.29) is 0 Å². The minimum absolute atomic E-state index is 0.689. The molecular weight excluding hydrogens is 276 g/mol. The Labute approximate surface area is 111 Å². The molecule has 1 aromatic carbocycles. The summed E-state index contributed by atoms with van der Waals surface area (Å²) < 4.78 is 1.09. The van der Waals surface area contributed by atoms with Gasteiger partial charge in [0.05, 0.1) is 0 Å². The van der Waals surface area contributed by atoms with Gasteiger partial charge in [-0.05, 0) is 78.1 Å². The molecule has 1 aromatic rings. The number of nitrogen functional groups attached to an aromatic ring is 1. The number of hydrogen-bond donors (Lipinski definition) is 2. The van der Waals surface area contributed by atoms with Crippen LogP contribution in [0.5, 0.6) is 0 Å². The van der Waals surface area contributed by atoms with Gasteiger partial charge < -0.3 is 11.1 Å². The molecule has 2 aliphatic carbocycles. The lowest BCUT2D eigenvalue weighted by molar-refractivity contribution is 0.567. The summed E-state index contributed by atoms with van der Waals surface area (Å²) >= 11 is 3.61. The molecule has 3 N–H and O–H groups in total. The van der Waals surface area contributed by atoms with Gasteiger partial charge in [0, 0.05) is 21.9 Å². The van der Waals surface area contributed by atoms with E-state index in [4.69, 9.17) is 5.73 Å². The largest absolute Gasteiger partial charge is 0.398 e. The lowest BCUT2D eigenvalue weighted by Gasteiger charge is -2.21. The van der Waals surface area contributed by atoms with Gasteiger partial charge in [-0.1, -0.05) is 0 Å². The molecule has 3 heteroatoms. The highest BCUT2D eigenvalue weighted by molar-refractivity contribution is 9.10. The van der Waals surface area contributed by atoms with Crippen molar-refractivity contribution in [3.8, 4) is 0 Å². The first kappa shape index (κ1) is 11.4. The van der Waals surface area contributed by atoms with Gasteiger partial charge in [0.15, 0.2) is 0 Å². The van der Waals surface area contributed by atoms with Crippen molar-refractivity contribution < 1.29 is 0 Å². The highest BCUT2D eigenvalue weighted by atomic mass is 79.9. The summed E-state index contributed by atoms with van der Waals surface area (Å²) in [5, 5.41) is 3.74. The Balaban J connectivity index is 1.81. The van der Waals surface area contributed by atoms with Crippen molar-refractivity contribution in [3.05, 3.63) is 22.2 Å². The lowest BCUT2D eigenvalue weighted by Crippen LogP contribution is -2.24. The minimum Gasteiger partial charge on any atom is -0.398 e. The van der Waals surface area contributed by atoms with Crippen LogP contribution in [0.2, 0.25) is 0 Å². The molecule has 0 bridgehead atoms. The van der Waals surface area contributed by atoms with Gasteiger partial charge in [-0.15, -0.1) is 0 Å². The van der Waals surface area contributed by atoms with Crippen LogP contribution in [-0.2, 0) is 0 Å². The summed E-state index contributed by atoms with van der Waals surface area (Å²) in [6.45, 7) is 2.07. The first-order chi connectivity index (χ1) is 8.15. The molecule has 0 radical (unpaired) electrons. The average molecular weight is 295 g/mol. The summed E-state index contributed by atoms with van der Waals surface area (Å²) in [5.74, 6) is 1.82. The maximum atomic E-state index is 5.91. The van der Waals surface area contributed by atoms with E-state index in [0.717, 1.165) is 27.6 Å². The Kier molecular flexibility index (Phi) is 2.81. The number of anilines is 2. The third-order valence-electron chi connectivity index (χ3n) is 3.94. The Morgan fingerprint density at radius 1 is 1.24 bits per heavy atom. The van der Waals surface area contributed by atoms with Crippen LogP contribution in [0.3, 0.4) is 0 Å². The fraction of sp³-hybridized carbons (Fsp3) is 0.571. The third kappa shape index (κ3) is 2.44. The predicted octanol–water partition coefficient (Wildman–Crippen LogP) is 3.94. The van der Waals surface area contributed by atoms with Crippen molar-refractivity contribution in [2.24, 2.45) is 11.8 Å². The third-order valence-corrected chi connectivity index (χ3v) is 4.59. The molecular formula is C14H19BrN2. The lowest BCUT2D eigenvalue weighted by atomic mass is 10.1. The van der Waals surface area contributed by atoms with E-state index in [9.17, 15) is 0 Å². The number of rotatable bonds is 4. The smallest absolute Gasteiger partial charge is 0.0491 e. The Hall–Kier alpha value is -0.700. The molecule has 0 spiro atoms. The molecule has 2 nitrogen and oxygen atoms in total. The maximum Gasteiger partial charge on any atom is 0.0491 e. The number of benzene rings is 1. The fourth-order valence-corrected chi connectivity index (χ4v) is 2.99. The van der Waals surface area contributed by atoms with Crippen molar-refractivity contribution in [3.63, 3.8) is 0 Å². The number of nitrogens with one attached hydrogen (secondary N) is 1. The zero-order valence-corrected chi connectivity index (χ0v) is 11.8. The van der Waals surface area contributed by atoms with E-state index in [2.05, 4.69) is 34.2 Å². The molecule has 0 aromatic heterocycles. The minimum atomic E-state index is 0.689. The van der Waals surface area contributed by atoms with Crippen LogP contribution in [0.4, 0.5) is 11.4 Å². The van der Waals surface area contributed by atoms with E-state index in [0.29, 0.717) is 6.04 Å². The van der Waals surface area contributed by atoms with Crippen LogP contribution >= 0.6 is 15.9 Å². The fourth-order valence-electron chi connectivity index (χ4n) is 2.52. The van der Waals surface area contributed by atoms with Crippen molar-refractivity contribution in [1.29, 1.82) is 0 Å². The van der Waals surface area contributed by atoms with Crippen LogP contribution < -0.4 is 11.1 Å². The second-order valence-electron chi connectivity index (χ2n) is 5.53. The van der Waals surface area contributed by atoms with E-state index in [1.807, 2.05) is 6.07 Å². The molecule has 0 aliphatic heterocycles. The first-order valence-electron chi connectivity index (χ1n) is 6.47. The summed E-state index contributed by atoms with van der Waals surface area (Å²) in [5.41, 5.74) is 9.13. The molecule has 0 amide bonds. The zero-order valence-electron chi connectivity index (χ0n) is 10.2. The van der Waals surface area contributed by atoms with Gasteiger partial charge in [-0.25, -0.2) is 0 Å². The molecule has 0 unspecified atom stereocenters. The summed E-state index contributed by atoms with van der Waals surface area (Å²) in [7, 11) is 0. The molecule has 92 valence electrons. The van der Waals surface area contributed by atoms with E-state index in [1.54, 1.807) is 0 Å². The average Bonchev–Trinajstić information content (AvgIpc) is 3.15. The Morgan fingerprint density at radius 3 is 2.35 bits per heavy atom. The van der Waals surface area contributed by atoms with Crippen LogP contribution in [0.25, 0.3) is 0 Å². The molecule has 3 rings (SSSR count). The SMILES string of the molecule is Cc1cc(NC(C2CC2)C2CC2)c(Br)cc1N. The zero-order chi connectivity index (χ0) is 12.0. The van der Waals surface area contributed by atoms with E-state index < -0.39 is 0 Å². The van der Waals surface area contributed by atoms with Gasteiger partial charge in [0.2, 0.25) is 0 Å². The number of hydrogen-bond acceptors (Lipinski definition) is 2. The van der Waals surface area contributed by atoms with E-state index >= 15 is 0 Å². The molecule has 0 heterocycles.